The molecule has 0 saturated carbocycles. The van der Waals surface area contributed by atoms with Crippen molar-refractivity contribution in [3.63, 3.8) is 0 Å². The molecule has 0 bridgehead atoms. The summed E-state index contributed by atoms with van der Waals surface area (Å²) in [4.78, 5) is 0. The Bertz CT molecular complexity index is 156. The predicted octanol–water partition coefficient (Wildman–Crippen LogP) is 1.27. The van der Waals surface area contributed by atoms with Crippen molar-refractivity contribution in [1.82, 2.24) is 0 Å². The molecule has 4 unspecified atom stereocenters. The first-order valence-electron chi connectivity index (χ1n) is 5.58. The minimum atomic E-state index is -1.37. The SMILES string of the molecule is CCC[SiH]1CC(C)O[SiH](C)O[SiH](C)O1. The molecule has 84 valence electrons. The Morgan fingerprint density at radius 1 is 1.21 bits per heavy atom. The molecule has 0 amide bonds. The average molecular weight is 251 g/mol. The maximum absolute atomic E-state index is 6.08. The first kappa shape index (κ1) is 12.6. The monoisotopic (exact) mass is 250 g/mol. The summed E-state index contributed by atoms with van der Waals surface area (Å²) >= 11 is 0. The van der Waals surface area contributed by atoms with Crippen LogP contribution in [0.25, 0.3) is 0 Å². The van der Waals surface area contributed by atoms with Crippen LogP contribution in [-0.4, -0.2) is 33.7 Å². The molecule has 1 fully saturated rings. The van der Waals surface area contributed by atoms with E-state index in [0.29, 0.717) is 6.10 Å². The molecule has 1 rings (SSSR count). The van der Waals surface area contributed by atoms with Gasteiger partial charge in [-0.05, 0) is 32.1 Å². The quantitative estimate of drug-likeness (QED) is 0.691. The molecule has 1 heterocycles. The highest BCUT2D eigenvalue weighted by atomic mass is 28.4. The second-order valence-electron chi connectivity index (χ2n) is 4.00. The van der Waals surface area contributed by atoms with Crippen molar-refractivity contribution >= 4 is 27.6 Å². The van der Waals surface area contributed by atoms with Gasteiger partial charge in [0.15, 0.2) is 9.04 Å². The largest absolute Gasteiger partial charge is 0.441 e. The van der Waals surface area contributed by atoms with E-state index in [1.54, 1.807) is 0 Å². The van der Waals surface area contributed by atoms with Crippen molar-refractivity contribution in [3.05, 3.63) is 0 Å². The lowest BCUT2D eigenvalue weighted by molar-refractivity contribution is 0.188. The molecular weight excluding hydrogens is 228 g/mol. The Balaban J connectivity index is 2.47. The Hall–Kier alpha value is 0.531. The average Bonchev–Trinajstić information content (AvgIpc) is 2.00. The van der Waals surface area contributed by atoms with E-state index in [0.717, 1.165) is 0 Å². The van der Waals surface area contributed by atoms with Crippen LogP contribution in [0.4, 0.5) is 0 Å². The van der Waals surface area contributed by atoms with E-state index < -0.39 is 27.6 Å². The molecular formula is C8H22O3Si3. The van der Waals surface area contributed by atoms with Gasteiger partial charge in [-0.15, -0.1) is 0 Å². The molecule has 1 aliphatic heterocycles. The summed E-state index contributed by atoms with van der Waals surface area (Å²) in [6.07, 6.45) is 1.60. The zero-order chi connectivity index (χ0) is 10.6. The van der Waals surface area contributed by atoms with Crippen LogP contribution in [0.1, 0.15) is 20.3 Å². The normalized spacial score (nSPS) is 40.3. The van der Waals surface area contributed by atoms with Gasteiger partial charge in [0, 0.05) is 6.10 Å². The molecule has 3 nitrogen and oxygen atoms in total. The van der Waals surface area contributed by atoms with Gasteiger partial charge in [-0.3, -0.25) is 0 Å². The van der Waals surface area contributed by atoms with Gasteiger partial charge in [0.05, 0.1) is 0 Å². The van der Waals surface area contributed by atoms with Gasteiger partial charge in [0.2, 0.25) is 0 Å². The maximum Gasteiger partial charge on any atom is 0.309 e. The molecule has 6 heteroatoms. The summed E-state index contributed by atoms with van der Waals surface area (Å²) in [5, 5.41) is 0. The lowest BCUT2D eigenvalue weighted by Gasteiger charge is -2.30. The third kappa shape index (κ3) is 4.37. The van der Waals surface area contributed by atoms with Gasteiger partial charge in [0.1, 0.15) is 0 Å². The van der Waals surface area contributed by atoms with Gasteiger partial charge >= 0.3 is 9.28 Å². The highest BCUT2D eigenvalue weighted by Crippen LogP contribution is 2.16. The summed E-state index contributed by atoms with van der Waals surface area (Å²) in [5.74, 6) is 0. The van der Waals surface area contributed by atoms with E-state index in [-0.39, 0.29) is 0 Å². The van der Waals surface area contributed by atoms with E-state index in [4.69, 9.17) is 12.7 Å². The minimum Gasteiger partial charge on any atom is -0.441 e. The first-order valence-corrected chi connectivity index (χ1v) is 11.9. The highest BCUT2D eigenvalue weighted by molar-refractivity contribution is 6.67. The highest BCUT2D eigenvalue weighted by Gasteiger charge is 2.26. The summed E-state index contributed by atoms with van der Waals surface area (Å²) in [5.41, 5.74) is 0. The van der Waals surface area contributed by atoms with Crippen molar-refractivity contribution < 1.29 is 12.7 Å². The van der Waals surface area contributed by atoms with E-state index >= 15 is 0 Å². The Morgan fingerprint density at radius 2 is 1.93 bits per heavy atom. The van der Waals surface area contributed by atoms with Crippen LogP contribution in [0.2, 0.25) is 25.2 Å². The number of hydrogen-bond donors (Lipinski definition) is 0. The van der Waals surface area contributed by atoms with Crippen molar-refractivity contribution in [2.45, 2.75) is 51.6 Å². The number of hydrogen-bond acceptors (Lipinski definition) is 3. The lowest BCUT2D eigenvalue weighted by atomic mass is 10.5. The van der Waals surface area contributed by atoms with Gasteiger partial charge in [-0.2, -0.15) is 0 Å². The molecule has 0 aromatic rings. The zero-order valence-electron chi connectivity index (χ0n) is 9.66. The van der Waals surface area contributed by atoms with Crippen LogP contribution in [0, 0.1) is 0 Å². The predicted molar refractivity (Wildman–Crippen MR) is 65.8 cm³/mol. The van der Waals surface area contributed by atoms with Crippen molar-refractivity contribution in [3.8, 4) is 0 Å². The molecule has 0 aromatic heterocycles. The molecule has 0 spiro atoms. The van der Waals surface area contributed by atoms with E-state index in [2.05, 4.69) is 26.9 Å². The van der Waals surface area contributed by atoms with E-state index in [1.165, 1.54) is 18.5 Å². The molecule has 0 radical (unpaired) electrons. The molecule has 0 N–H and O–H groups in total. The van der Waals surface area contributed by atoms with Crippen LogP contribution < -0.4 is 0 Å². The Labute approximate surface area is 92.2 Å². The lowest BCUT2D eigenvalue weighted by Crippen LogP contribution is -2.41. The Morgan fingerprint density at radius 3 is 2.57 bits per heavy atom. The van der Waals surface area contributed by atoms with Crippen molar-refractivity contribution in [2.75, 3.05) is 0 Å². The smallest absolute Gasteiger partial charge is 0.309 e. The molecule has 1 saturated heterocycles. The summed E-state index contributed by atoms with van der Waals surface area (Å²) in [7, 11) is -3.73. The van der Waals surface area contributed by atoms with Crippen molar-refractivity contribution in [1.29, 1.82) is 0 Å². The summed E-state index contributed by atoms with van der Waals surface area (Å²) in [6, 6.07) is 2.44. The number of rotatable bonds is 2. The maximum atomic E-state index is 6.08. The second kappa shape index (κ2) is 6.19. The summed E-state index contributed by atoms with van der Waals surface area (Å²) < 4.78 is 17.7. The molecule has 0 aromatic carbocycles. The summed E-state index contributed by atoms with van der Waals surface area (Å²) in [6.45, 7) is 8.62. The standard InChI is InChI=1S/C8H22O3Si3/c1-5-6-14-7-8(2)9-12(3)10-13(4)11-14/h8,12-14H,5-7H2,1-4H3. The third-order valence-electron chi connectivity index (χ3n) is 2.40. The second-order valence-corrected chi connectivity index (χ2v) is 11.0. The fraction of sp³-hybridized carbons (Fsp3) is 1.00. The topological polar surface area (TPSA) is 27.7 Å². The van der Waals surface area contributed by atoms with Crippen LogP contribution in [0.3, 0.4) is 0 Å². The van der Waals surface area contributed by atoms with Gasteiger partial charge in [-0.25, -0.2) is 0 Å². The first-order chi connectivity index (χ1) is 6.61. The Kier molecular flexibility index (Phi) is 5.57. The minimum absolute atomic E-state index is 0.362. The van der Waals surface area contributed by atoms with Gasteiger partial charge in [-0.1, -0.05) is 13.3 Å². The zero-order valence-corrected chi connectivity index (χ0v) is 13.1. The van der Waals surface area contributed by atoms with Gasteiger partial charge < -0.3 is 12.7 Å². The molecule has 1 aliphatic rings. The molecule has 14 heavy (non-hydrogen) atoms. The molecule has 0 aliphatic carbocycles. The van der Waals surface area contributed by atoms with E-state index in [1.807, 2.05) is 0 Å². The van der Waals surface area contributed by atoms with Crippen LogP contribution in [-0.2, 0) is 12.7 Å². The van der Waals surface area contributed by atoms with Crippen LogP contribution in [0.5, 0.6) is 0 Å². The third-order valence-corrected chi connectivity index (χ3v) is 11.8. The fourth-order valence-corrected chi connectivity index (χ4v) is 11.0. The van der Waals surface area contributed by atoms with Crippen LogP contribution >= 0.6 is 0 Å². The molecule has 4 atom stereocenters. The van der Waals surface area contributed by atoms with Gasteiger partial charge in [0.25, 0.3) is 9.28 Å². The van der Waals surface area contributed by atoms with Crippen molar-refractivity contribution in [2.24, 2.45) is 0 Å². The van der Waals surface area contributed by atoms with E-state index in [9.17, 15) is 0 Å². The fourth-order valence-electron chi connectivity index (χ4n) is 1.92. The van der Waals surface area contributed by atoms with Crippen LogP contribution in [0.15, 0.2) is 0 Å².